The molecule has 0 saturated carbocycles. The van der Waals surface area contributed by atoms with Crippen molar-refractivity contribution in [2.45, 2.75) is 12.6 Å². The van der Waals surface area contributed by atoms with Gasteiger partial charge in [0.2, 0.25) is 0 Å². The van der Waals surface area contributed by atoms with E-state index in [2.05, 4.69) is 4.74 Å². The van der Waals surface area contributed by atoms with Gasteiger partial charge < -0.3 is 19.7 Å². The summed E-state index contributed by atoms with van der Waals surface area (Å²) >= 11 is 0. The minimum Gasteiger partial charge on any atom is -0.391 e. The van der Waals surface area contributed by atoms with Gasteiger partial charge in [0.05, 0.1) is 6.61 Å². The summed E-state index contributed by atoms with van der Waals surface area (Å²) in [5, 5.41) is 16.9. The summed E-state index contributed by atoms with van der Waals surface area (Å²) in [6.07, 6.45) is -1.47. The standard InChI is InChI=1S/C4H8O4/c5-1-4-7-2-3(6)8-4/h3-6H,1-2H2/t3-,4-/m0/s1. The summed E-state index contributed by atoms with van der Waals surface area (Å²) in [7, 11) is 0. The topological polar surface area (TPSA) is 58.9 Å². The Kier molecular flexibility index (Phi) is 1.80. The Balaban J connectivity index is 2.22. The minimum atomic E-state index is -0.854. The van der Waals surface area contributed by atoms with E-state index in [1.165, 1.54) is 0 Å². The first-order valence-electron chi connectivity index (χ1n) is 2.39. The van der Waals surface area contributed by atoms with Crippen molar-refractivity contribution in [1.29, 1.82) is 0 Å². The Bertz CT molecular complexity index is 74.4. The van der Waals surface area contributed by atoms with Gasteiger partial charge in [-0.05, 0) is 0 Å². The lowest BCUT2D eigenvalue weighted by Crippen LogP contribution is -2.14. The van der Waals surface area contributed by atoms with Crippen molar-refractivity contribution < 1.29 is 19.7 Å². The van der Waals surface area contributed by atoms with Gasteiger partial charge >= 0.3 is 0 Å². The summed E-state index contributed by atoms with van der Waals surface area (Å²) in [6, 6.07) is 0. The van der Waals surface area contributed by atoms with Crippen molar-refractivity contribution in [3.8, 4) is 0 Å². The van der Waals surface area contributed by atoms with Gasteiger partial charge in [0.1, 0.15) is 6.61 Å². The molecule has 2 atom stereocenters. The van der Waals surface area contributed by atoms with Crippen LogP contribution >= 0.6 is 0 Å². The molecule has 1 saturated heterocycles. The van der Waals surface area contributed by atoms with Crippen molar-refractivity contribution in [2.75, 3.05) is 13.2 Å². The molecule has 1 fully saturated rings. The highest BCUT2D eigenvalue weighted by Gasteiger charge is 2.22. The largest absolute Gasteiger partial charge is 0.391 e. The zero-order chi connectivity index (χ0) is 5.98. The normalized spacial score (nSPS) is 38.2. The Labute approximate surface area is 46.6 Å². The van der Waals surface area contributed by atoms with Gasteiger partial charge in [0.25, 0.3) is 0 Å². The molecular weight excluding hydrogens is 112 g/mol. The molecule has 2 N–H and O–H groups in total. The summed E-state index contributed by atoms with van der Waals surface area (Å²) in [5.41, 5.74) is 0. The predicted octanol–water partition coefficient (Wildman–Crippen LogP) is -1.33. The van der Waals surface area contributed by atoms with Crippen LogP contribution in [0.3, 0.4) is 0 Å². The third-order valence-corrected chi connectivity index (χ3v) is 0.883. The zero-order valence-electron chi connectivity index (χ0n) is 4.28. The Morgan fingerprint density at radius 1 is 1.62 bits per heavy atom. The average Bonchev–Trinajstić information content (AvgIpc) is 2.14. The molecule has 4 heteroatoms. The van der Waals surface area contributed by atoms with Crippen LogP contribution in [-0.4, -0.2) is 36.0 Å². The molecule has 0 radical (unpaired) electrons. The van der Waals surface area contributed by atoms with Crippen LogP contribution < -0.4 is 0 Å². The number of hydrogen-bond acceptors (Lipinski definition) is 4. The highest BCUT2D eigenvalue weighted by atomic mass is 16.8. The van der Waals surface area contributed by atoms with Crippen molar-refractivity contribution in [3.63, 3.8) is 0 Å². The summed E-state index contributed by atoms with van der Waals surface area (Å²) in [5.74, 6) is 0. The fourth-order valence-electron chi connectivity index (χ4n) is 0.539. The van der Waals surface area contributed by atoms with E-state index in [4.69, 9.17) is 14.9 Å². The highest BCUT2D eigenvalue weighted by molar-refractivity contribution is 4.51. The van der Waals surface area contributed by atoms with Gasteiger partial charge in [-0.15, -0.1) is 0 Å². The van der Waals surface area contributed by atoms with E-state index < -0.39 is 12.6 Å². The maximum absolute atomic E-state index is 8.57. The van der Waals surface area contributed by atoms with E-state index in [0.29, 0.717) is 0 Å². The average molecular weight is 120 g/mol. The molecule has 0 aromatic carbocycles. The lowest BCUT2D eigenvalue weighted by Gasteiger charge is -2.02. The summed E-state index contributed by atoms with van der Waals surface area (Å²) in [6.45, 7) is -0.0394. The molecule has 0 spiro atoms. The molecule has 0 bridgehead atoms. The second-order valence-electron chi connectivity index (χ2n) is 1.54. The third kappa shape index (κ3) is 1.16. The van der Waals surface area contributed by atoms with Gasteiger partial charge in [-0.1, -0.05) is 0 Å². The minimum absolute atomic E-state index is 0.158. The van der Waals surface area contributed by atoms with Crippen molar-refractivity contribution in [3.05, 3.63) is 0 Å². The van der Waals surface area contributed by atoms with Gasteiger partial charge in [-0.25, -0.2) is 0 Å². The Morgan fingerprint density at radius 2 is 2.38 bits per heavy atom. The summed E-state index contributed by atoms with van der Waals surface area (Å²) in [4.78, 5) is 0. The van der Waals surface area contributed by atoms with Gasteiger partial charge in [-0.3, -0.25) is 0 Å². The van der Waals surface area contributed by atoms with Crippen LogP contribution in [0.25, 0.3) is 0 Å². The molecular formula is C4H8O4. The van der Waals surface area contributed by atoms with Crippen LogP contribution in [0.1, 0.15) is 0 Å². The van der Waals surface area contributed by atoms with Crippen LogP contribution in [0, 0.1) is 0 Å². The quantitative estimate of drug-likeness (QED) is 0.450. The Hall–Kier alpha value is -0.160. The van der Waals surface area contributed by atoms with Crippen LogP contribution in [-0.2, 0) is 9.47 Å². The predicted molar refractivity (Wildman–Crippen MR) is 23.9 cm³/mol. The maximum atomic E-state index is 8.57. The number of ether oxygens (including phenoxy) is 2. The molecule has 0 amide bonds. The van der Waals surface area contributed by atoms with E-state index in [0.717, 1.165) is 0 Å². The molecule has 0 aromatic heterocycles. The molecule has 1 heterocycles. The SMILES string of the molecule is OC[C@H]1OC[C@@H](O)O1. The number of aliphatic hydroxyl groups is 2. The van der Waals surface area contributed by atoms with E-state index in [1.807, 2.05) is 0 Å². The molecule has 0 unspecified atom stereocenters. The van der Waals surface area contributed by atoms with Gasteiger partial charge in [-0.2, -0.15) is 0 Å². The zero-order valence-corrected chi connectivity index (χ0v) is 4.28. The third-order valence-electron chi connectivity index (χ3n) is 0.883. The van der Waals surface area contributed by atoms with Crippen LogP contribution in [0.15, 0.2) is 0 Å². The molecule has 4 nitrogen and oxygen atoms in total. The second kappa shape index (κ2) is 2.41. The van der Waals surface area contributed by atoms with Crippen LogP contribution in [0.5, 0.6) is 0 Å². The fraction of sp³-hybridized carbons (Fsp3) is 1.00. The lowest BCUT2D eigenvalue weighted by atomic mass is 10.7. The van der Waals surface area contributed by atoms with E-state index in [9.17, 15) is 0 Å². The first-order chi connectivity index (χ1) is 3.83. The number of hydrogen-bond donors (Lipinski definition) is 2. The monoisotopic (exact) mass is 120 g/mol. The number of rotatable bonds is 1. The molecule has 0 aromatic rings. The van der Waals surface area contributed by atoms with Crippen LogP contribution in [0.2, 0.25) is 0 Å². The molecule has 1 rings (SSSR count). The smallest absolute Gasteiger partial charge is 0.183 e. The highest BCUT2D eigenvalue weighted by Crippen LogP contribution is 2.06. The van der Waals surface area contributed by atoms with E-state index in [-0.39, 0.29) is 13.2 Å². The van der Waals surface area contributed by atoms with Crippen molar-refractivity contribution >= 4 is 0 Å². The molecule has 0 aliphatic carbocycles. The van der Waals surface area contributed by atoms with Crippen molar-refractivity contribution in [2.24, 2.45) is 0 Å². The fourth-order valence-corrected chi connectivity index (χ4v) is 0.539. The lowest BCUT2D eigenvalue weighted by molar-refractivity contribution is -0.131. The number of aliphatic hydroxyl groups excluding tert-OH is 2. The second-order valence-corrected chi connectivity index (χ2v) is 1.54. The summed E-state index contributed by atoms with van der Waals surface area (Å²) < 4.78 is 9.29. The van der Waals surface area contributed by atoms with E-state index >= 15 is 0 Å². The van der Waals surface area contributed by atoms with Crippen molar-refractivity contribution in [1.82, 2.24) is 0 Å². The molecule has 48 valence electrons. The van der Waals surface area contributed by atoms with Gasteiger partial charge in [0.15, 0.2) is 12.6 Å². The molecule has 8 heavy (non-hydrogen) atoms. The first-order valence-corrected chi connectivity index (χ1v) is 2.39. The first kappa shape index (κ1) is 5.97. The Morgan fingerprint density at radius 3 is 2.62 bits per heavy atom. The molecule has 1 aliphatic heterocycles. The van der Waals surface area contributed by atoms with Crippen LogP contribution in [0.4, 0.5) is 0 Å². The molecule has 1 aliphatic rings. The maximum Gasteiger partial charge on any atom is 0.183 e. The van der Waals surface area contributed by atoms with Gasteiger partial charge in [0, 0.05) is 0 Å². The van der Waals surface area contributed by atoms with E-state index in [1.54, 1.807) is 0 Å².